The first-order chi connectivity index (χ1) is 12.8. The van der Waals surface area contributed by atoms with E-state index in [2.05, 4.69) is 5.32 Å². The molecule has 7 heteroatoms. The molecule has 1 fully saturated rings. The van der Waals surface area contributed by atoms with Crippen LogP contribution in [0.25, 0.3) is 6.08 Å². The molecule has 1 heterocycles. The van der Waals surface area contributed by atoms with E-state index in [-0.39, 0.29) is 5.91 Å². The van der Waals surface area contributed by atoms with E-state index in [0.717, 1.165) is 22.4 Å². The Hall–Kier alpha value is -3.19. The third-order valence-corrected chi connectivity index (χ3v) is 4.18. The number of ether oxygens (including phenoxy) is 1. The Balaban J connectivity index is 1.80. The van der Waals surface area contributed by atoms with Crippen LogP contribution in [-0.2, 0) is 9.59 Å². The smallest absolute Gasteiger partial charge is 0.281 e. The molecule has 138 valence electrons. The molecule has 0 atom stereocenters. The number of thiocarbonyl (C=S) groups is 1. The van der Waals surface area contributed by atoms with E-state index in [1.54, 1.807) is 30.3 Å². The van der Waals surface area contributed by atoms with Crippen molar-refractivity contribution in [1.29, 1.82) is 0 Å². The van der Waals surface area contributed by atoms with Gasteiger partial charge in [0, 0.05) is 0 Å². The summed E-state index contributed by atoms with van der Waals surface area (Å²) in [6.45, 7) is 3.42. The molecule has 0 bridgehead atoms. The van der Waals surface area contributed by atoms with Crippen LogP contribution >= 0.6 is 12.2 Å². The lowest BCUT2D eigenvalue weighted by Crippen LogP contribution is -2.30. The standard InChI is InChI=1S/C20H18N2O4S/c1-12-7-13(2)9-15(8-12)22-19(25)17(21-20(22)27)10-14-3-5-16(6-4-14)26-11-18(23)24/h3-10H,11H2,1-2H3,(H,21,27)(H,23,24)/p-1/b17-10+. The summed E-state index contributed by atoms with van der Waals surface area (Å²) in [4.78, 5) is 24.7. The highest BCUT2D eigenvalue weighted by molar-refractivity contribution is 7.80. The predicted molar refractivity (Wildman–Crippen MR) is 104 cm³/mol. The van der Waals surface area contributed by atoms with E-state index >= 15 is 0 Å². The lowest BCUT2D eigenvalue weighted by molar-refractivity contribution is -0.307. The summed E-state index contributed by atoms with van der Waals surface area (Å²) in [6.07, 6.45) is 1.68. The van der Waals surface area contributed by atoms with Gasteiger partial charge >= 0.3 is 0 Å². The molecule has 27 heavy (non-hydrogen) atoms. The van der Waals surface area contributed by atoms with E-state index < -0.39 is 12.6 Å². The van der Waals surface area contributed by atoms with Crippen LogP contribution in [0.5, 0.6) is 5.75 Å². The molecule has 0 saturated carbocycles. The number of carboxylic acids is 1. The molecule has 0 aliphatic carbocycles. The Labute approximate surface area is 162 Å². The minimum atomic E-state index is -1.29. The van der Waals surface area contributed by atoms with Crippen LogP contribution < -0.4 is 20.1 Å². The van der Waals surface area contributed by atoms with Crippen molar-refractivity contribution >= 4 is 41.0 Å². The number of amides is 1. The van der Waals surface area contributed by atoms with Crippen molar-refractivity contribution in [1.82, 2.24) is 5.32 Å². The van der Waals surface area contributed by atoms with E-state index in [1.807, 2.05) is 32.0 Å². The summed E-state index contributed by atoms with van der Waals surface area (Å²) >= 11 is 5.33. The number of aryl methyl sites for hydroxylation is 2. The summed E-state index contributed by atoms with van der Waals surface area (Å²) in [5.41, 5.74) is 3.93. The highest BCUT2D eigenvalue weighted by Gasteiger charge is 2.32. The summed E-state index contributed by atoms with van der Waals surface area (Å²) in [5.74, 6) is -1.12. The zero-order chi connectivity index (χ0) is 19.6. The quantitative estimate of drug-likeness (QED) is 0.627. The molecular weight excluding hydrogens is 364 g/mol. The molecule has 1 N–H and O–H groups in total. The molecule has 0 aromatic heterocycles. The lowest BCUT2D eigenvalue weighted by Gasteiger charge is -2.15. The molecule has 1 saturated heterocycles. The third kappa shape index (κ3) is 4.32. The number of anilines is 1. The monoisotopic (exact) mass is 381 g/mol. The number of carbonyl (C=O) groups is 2. The van der Waals surface area contributed by atoms with Gasteiger partial charge in [-0.05, 0) is 73.1 Å². The number of hydrogen-bond donors (Lipinski definition) is 1. The lowest BCUT2D eigenvalue weighted by atomic mass is 10.1. The third-order valence-electron chi connectivity index (χ3n) is 3.89. The Bertz CT molecular complexity index is 931. The second-order valence-electron chi connectivity index (χ2n) is 6.20. The Morgan fingerprint density at radius 1 is 1.19 bits per heavy atom. The van der Waals surface area contributed by atoms with E-state index in [4.69, 9.17) is 17.0 Å². The van der Waals surface area contributed by atoms with Crippen molar-refractivity contribution < 1.29 is 19.4 Å². The number of hydrogen-bond acceptors (Lipinski definition) is 5. The van der Waals surface area contributed by atoms with Crippen molar-refractivity contribution in [2.24, 2.45) is 0 Å². The molecule has 1 aliphatic rings. The molecular formula is C20H17N2O4S-. The van der Waals surface area contributed by atoms with Crippen LogP contribution in [0, 0.1) is 13.8 Å². The van der Waals surface area contributed by atoms with Crippen LogP contribution in [0.3, 0.4) is 0 Å². The average Bonchev–Trinajstić information content (AvgIpc) is 2.87. The van der Waals surface area contributed by atoms with Crippen LogP contribution in [0.15, 0.2) is 48.2 Å². The van der Waals surface area contributed by atoms with Gasteiger partial charge in [-0.25, -0.2) is 0 Å². The molecule has 0 radical (unpaired) electrons. The fraction of sp³-hybridized carbons (Fsp3) is 0.150. The van der Waals surface area contributed by atoms with Gasteiger partial charge in [-0.1, -0.05) is 18.2 Å². The molecule has 0 spiro atoms. The number of nitrogens with one attached hydrogen (secondary N) is 1. The van der Waals surface area contributed by atoms with E-state index in [1.165, 1.54) is 4.90 Å². The molecule has 1 amide bonds. The summed E-state index contributed by atoms with van der Waals surface area (Å²) in [5, 5.41) is 13.7. The van der Waals surface area contributed by atoms with Gasteiger partial charge in [0.15, 0.2) is 5.11 Å². The van der Waals surface area contributed by atoms with E-state index in [0.29, 0.717) is 16.6 Å². The largest absolute Gasteiger partial charge is 0.546 e. The molecule has 1 aliphatic heterocycles. The minimum Gasteiger partial charge on any atom is -0.546 e. The van der Waals surface area contributed by atoms with Crippen LogP contribution in [0.4, 0.5) is 5.69 Å². The summed E-state index contributed by atoms with van der Waals surface area (Å²) in [7, 11) is 0. The second kappa shape index (κ2) is 7.59. The van der Waals surface area contributed by atoms with Crippen molar-refractivity contribution in [2.45, 2.75) is 13.8 Å². The minimum absolute atomic E-state index is 0.234. The molecule has 2 aromatic rings. The Morgan fingerprint density at radius 3 is 2.41 bits per heavy atom. The van der Waals surface area contributed by atoms with Gasteiger partial charge in [-0.2, -0.15) is 0 Å². The van der Waals surface area contributed by atoms with E-state index in [9.17, 15) is 14.7 Å². The fourth-order valence-electron chi connectivity index (χ4n) is 2.82. The number of aliphatic carboxylic acids is 1. The van der Waals surface area contributed by atoms with Crippen molar-refractivity contribution in [2.75, 3.05) is 11.5 Å². The van der Waals surface area contributed by atoms with Crippen LogP contribution in [0.2, 0.25) is 0 Å². The number of nitrogens with zero attached hydrogens (tertiary/aromatic N) is 1. The number of carboxylic acid groups (broad SMARTS) is 1. The highest BCUT2D eigenvalue weighted by Crippen LogP contribution is 2.25. The average molecular weight is 381 g/mol. The van der Waals surface area contributed by atoms with Gasteiger partial charge in [0.2, 0.25) is 0 Å². The zero-order valence-electron chi connectivity index (χ0n) is 14.8. The van der Waals surface area contributed by atoms with Crippen LogP contribution in [0.1, 0.15) is 16.7 Å². The maximum Gasteiger partial charge on any atom is 0.281 e. The van der Waals surface area contributed by atoms with Gasteiger partial charge in [0.25, 0.3) is 5.91 Å². The SMILES string of the molecule is Cc1cc(C)cc(N2C(=O)/C(=C\c3ccc(OCC(=O)[O-])cc3)NC2=S)c1. The Kier molecular flexibility index (Phi) is 5.23. The maximum absolute atomic E-state index is 12.8. The van der Waals surface area contributed by atoms with Crippen molar-refractivity contribution in [3.05, 3.63) is 64.9 Å². The van der Waals surface area contributed by atoms with Crippen molar-refractivity contribution in [3.63, 3.8) is 0 Å². The molecule has 2 aromatic carbocycles. The van der Waals surface area contributed by atoms with Gasteiger partial charge < -0.3 is 20.0 Å². The van der Waals surface area contributed by atoms with Crippen molar-refractivity contribution in [3.8, 4) is 5.75 Å². The predicted octanol–water partition coefficient (Wildman–Crippen LogP) is 1.69. The first kappa shape index (κ1) is 18.6. The van der Waals surface area contributed by atoms with Gasteiger partial charge in [-0.3, -0.25) is 9.69 Å². The second-order valence-corrected chi connectivity index (χ2v) is 6.59. The number of carbonyl (C=O) groups excluding carboxylic acids is 2. The number of rotatable bonds is 5. The summed E-state index contributed by atoms with van der Waals surface area (Å²) in [6, 6.07) is 12.5. The first-order valence-corrected chi connectivity index (χ1v) is 8.62. The zero-order valence-corrected chi connectivity index (χ0v) is 15.6. The first-order valence-electron chi connectivity index (χ1n) is 8.21. The topological polar surface area (TPSA) is 81.7 Å². The molecule has 3 rings (SSSR count). The molecule has 0 unspecified atom stereocenters. The maximum atomic E-state index is 12.8. The fourth-order valence-corrected chi connectivity index (χ4v) is 3.12. The summed E-state index contributed by atoms with van der Waals surface area (Å²) < 4.78 is 5.03. The number of benzene rings is 2. The molecule has 6 nitrogen and oxygen atoms in total. The normalized spacial score (nSPS) is 15.2. The van der Waals surface area contributed by atoms with Gasteiger partial charge in [0.05, 0.1) is 11.7 Å². The highest BCUT2D eigenvalue weighted by atomic mass is 32.1. The van der Waals surface area contributed by atoms with Gasteiger partial charge in [-0.15, -0.1) is 0 Å². The van der Waals surface area contributed by atoms with Gasteiger partial charge in [0.1, 0.15) is 18.1 Å². The Morgan fingerprint density at radius 2 is 1.81 bits per heavy atom. The van der Waals surface area contributed by atoms with Crippen LogP contribution in [-0.4, -0.2) is 23.6 Å².